The molecule has 0 radical (unpaired) electrons. The molecule has 5 amide bonds. The van der Waals surface area contributed by atoms with Gasteiger partial charge in [-0.1, -0.05) is 55.6 Å². The molecule has 4 fully saturated rings. The van der Waals surface area contributed by atoms with E-state index in [1.165, 1.54) is 0 Å². The third-order valence-electron chi connectivity index (χ3n) is 13.9. The predicted octanol–water partition coefficient (Wildman–Crippen LogP) is 6.37. The Morgan fingerprint density at radius 2 is 1.54 bits per heavy atom. The fourth-order valence-corrected chi connectivity index (χ4v) is 11.7. The van der Waals surface area contributed by atoms with Crippen molar-refractivity contribution in [3.63, 3.8) is 0 Å². The van der Waals surface area contributed by atoms with E-state index in [4.69, 9.17) is 16.3 Å². The van der Waals surface area contributed by atoms with Crippen LogP contribution in [-0.2, 0) is 16.1 Å². The molecule has 1 N–H and O–H groups in total. The molecule has 2 saturated carbocycles. The Morgan fingerprint density at radius 3 is 2.23 bits per heavy atom. The van der Waals surface area contributed by atoms with Crippen LogP contribution in [0.3, 0.4) is 0 Å². The summed E-state index contributed by atoms with van der Waals surface area (Å²) in [5, 5.41) is 2.25. The largest absolute Gasteiger partial charge is 0.489 e. The number of pyridine rings is 1. The van der Waals surface area contributed by atoms with E-state index in [2.05, 4.69) is 75.4 Å². The van der Waals surface area contributed by atoms with Crippen LogP contribution in [0.4, 0.5) is 11.4 Å². The van der Waals surface area contributed by atoms with E-state index in [1.54, 1.807) is 18.2 Å². The maximum Gasteiger partial charge on any atom is 0.262 e. The molecule has 1 atom stereocenters. The summed E-state index contributed by atoms with van der Waals surface area (Å²) in [7, 11) is 0. The highest BCUT2D eigenvalue weighted by Gasteiger charge is 2.67. The number of hydrogen-bond acceptors (Lipinski definition) is 9. The van der Waals surface area contributed by atoms with Crippen LogP contribution in [0.5, 0.6) is 5.75 Å². The molecule has 9 rings (SSSR count). The van der Waals surface area contributed by atoms with E-state index in [0.717, 1.165) is 68.1 Å². The fraction of sp³-hybridized carbons (Fsp3) is 0.468. The number of imide groups is 2. The van der Waals surface area contributed by atoms with Crippen molar-refractivity contribution in [2.75, 3.05) is 31.1 Å². The molecular weight excluding hydrogens is 838 g/mol. The van der Waals surface area contributed by atoms with E-state index in [9.17, 15) is 24.0 Å². The van der Waals surface area contributed by atoms with Crippen molar-refractivity contribution in [2.24, 2.45) is 16.7 Å². The van der Waals surface area contributed by atoms with Crippen molar-refractivity contribution >= 4 is 56.8 Å². The number of anilines is 1. The monoisotopic (exact) mass is 885 g/mol. The van der Waals surface area contributed by atoms with Crippen LogP contribution in [0.1, 0.15) is 109 Å². The minimum atomic E-state index is -0.978. The second kappa shape index (κ2) is 15.4. The van der Waals surface area contributed by atoms with Gasteiger partial charge in [-0.2, -0.15) is 0 Å². The van der Waals surface area contributed by atoms with E-state index in [1.807, 2.05) is 35.2 Å². The Morgan fingerprint density at radius 1 is 0.836 bits per heavy atom. The average molecular weight is 887 g/mol. The summed E-state index contributed by atoms with van der Waals surface area (Å²) in [5.41, 5.74) is 3.43. The van der Waals surface area contributed by atoms with E-state index < -0.39 is 29.7 Å². The minimum absolute atomic E-state index is 0.00726. The van der Waals surface area contributed by atoms with Crippen molar-refractivity contribution in [1.29, 1.82) is 0 Å². The molecule has 5 heterocycles. The van der Waals surface area contributed by atoms with Crippen molar-refractivity contribution < 1.29 is 28.7 Å². The third-order valence-corrected chi connectivity index (χ3v) is 14.5. The quantitative estimate of drug-likeness (QED) is 0.170. The summed E-state index contributed by atoms with van der Waals surface area (Å²) < 4.78 is 7.23. The maximum absolute atomic E-state index is 13.8. The lowest BCUT2D eigenvalue weighted by Gasteiger charge is -2.65. The van der Waals surface area contributed by atoms with E-state index >= 15 is 0 Å². The molecule has 3 aromatic rings. The third kappa shape index (κ3) is 7.07. The number of nitrogens with one attached hydrogen (secondary N) is 1. The number of rotatable bonds is 6. The average Bonchev–Trinajstić information content (AvgIpc) is 3.68. The number of halogens is 1. The van der Waals surface area contributed by atoms with Crippen molar-refractivity contribution in [2.45, 2.75) is 97.0 Å². The molecule has 2 aliphatic carbocycles. The lowest BCUT2D eigenvalue weighted by molar-refractivity contribution is -0.199. The van der Waals surface area contributed by atoms with Crippen molar-refractivity contribution in [1.82, 2.24) is 25.0 Å². The van der Waals surface area contributed by atoms with Crippen LogP contribution in [0.15, 0.2) is 53.0 Å². The molecule has 6 aliphatic rings. The van der Waals surface area contributed by atoms with Crippen molar-refractivity contribution in [3.8, 4) is 17.6 Å². The van der Waals surface area contributed by atoms with Gasteiger partial charge in [-0.3, -0.25) is 39.1 Å². The molecule has 61 heavy (non-hydrogen) atoms. The van der Waals surface area contributed by atoms with Gasteiger partial charge in [0.1, 0.15) is 23.6 Å². The number of carbonyl (C=O) groups is 5. The highest BCUT2D eigenvalue weighted by molar-refractivity contribution is 9.10. The number of amides is 5. The second-order valence-electron chi connectivity index (χ2n) is 18.4. The lowest BCUT2D eigenvalue weighted by Crippen LogP contribution is -2.74. The van der Waals surface area contributed by atoms with Gasteiger partial charge >= 0.3 is 0 Å². The second-order valence-corrected chi connectivity index (χ2v) is 19.2. The molecule has 13 nitrogen and oxygen atoms in total. The summed E-state index contributed by atoms with van der Waals surface area (Å²) >= 11 is 3.48. The first-order valence-corrected chi connectivity index (χ1v) is 22.0. The fourth-order valence-electron chi connectivity index (χ4n) is 11.2. The Hall–Kier alpha value is -5.57. The molecule has 1 unspecified atom stereocenters. The SMILES string of the molecule is [C-]#[N+]c1ccc(OC2C(C)(C)C(N3Cc4nc(C#CC5CCC(N6CCN(c7ccc8c(c7)C(=O)N(C7CCC(=O)NC7=O)C8=O)CC6)CC5)ccc4C3=O)C2(C)C)cc1Br. The van der Waals surface area contributed by atoms with Gasteiger partial charge in [0.25, 0.3) is 17.7 Å². The first kappa shape index (κ1) is 40.8. The Kier molecular flexibility index (Phi) is 10.3. The topological polar surface area (TPSA) is 137 Å². The molecule has 0 spiro atoms. The zero-order chi connectivity index (χ0) is 43.0. The van der Waals surface area contributed by atoms with Gasteiger partial charge in [-0.25, -0.2) is 9.83 Å². The van der Waals surface area contributed by atoms with Crippen LogP contribution >= 0.6 is 15.9 Å². The number of nitrogens with zero attached hydrogens (tertiary/aromatic N) is 6. The number of ether oxygens (including phenoxy) is 1. The number of piperazine rings is 1. The van der Waals surface area contributed by atoms with Crippen molar-refractivity contribution in [3.05, 3.63) is 92.5 Å². The summed E-state index contributed by atoms with van der Waals surface area (Å²) in [6.07, 6.45) is 4.21. The lowest BCUT2D eigenvalue weighted by atomic mass is 9.49. The molecular formula is C47H48BrN7O6. The van der Waals surface area contributed by atoms with E-state index in [-0.39, 0.29) is 47.6 Å². The van der Waals surface area contributed by atoms with Crippen LogP contribution in [0.25, 0.3) is 4.85 Å². The number of aromatic nitrogens is 1. The van der Waals surface area contributed by atoms with Gasteiger partial charge in [0.2, 0.25) is 17.5 Å². The van der Waals surface area contributed by atoms with Crippen LogP contribution in [0.2, 0.25) is 0 Å². The predicted molar refractivity (Wildman–Crippen MR) is 230 cm³/mol. The number of carbonyl (C=O) groups excluding carboxylic acids is 5. The Bertz CT molecular complexity index is 2470. The zero-order valence-electron chi connectivity index (χ0n) is 34.8. The molecule has 0 bridgehead atoms. The molecule has 1 aromatic heterocycles. The van der Waals surface area contributed by atoms with Gasteiger partial charge in [-0.05, 0) is 80.5 Å². The van der Waals surface area contributed by atoms with Gasteiger partial charge in [0.15, 0.2) is 0 Å². The Balaban J connectivity index is 0.770. The van der Waals surface area contributed by atoms with Gasteiger partial charge < -0.3 is 14.5 Å². The Labute approximate surface area is 364 Å². The first-order valence-electron chi connectivity index (χ1n) is 21.2. The molecule has 2 saturated heterocycles. The summed E-state index contributed by atoms with van der Waals surface area (Å²) in [4.78, 5) is 80.7. The van der Waals surface area contributed by atoms with E-state index in [0.29, 0.717) is 50.9 Å². The number of hydrogen-bond donors (Lipinski definition) is 1. The minimum Gasteiger partial charge on any atom is -0.489 e. The zero-order valence-corrected chi connectivity index (χ0v) is 36.4. The summed E-state index contributed by atoms with van der Waals surface area (Å²) in [6.45, 7) is 19.7. The maximum atomic E-state index is 13.8. The normalized spacial score (nSPS) is 26.8. The van der Waals surface area contributed by atoms with Gasteiger partial charge in [-0.15, -0.1) is 0 Å². The number of piperidine rings is 1. The summed E-state index contributed by atoms with van der Waals surface area (Å²) in [5.74, 6) is 5.83. The molecule has 314 valence electrons. The van der Waals surface area contributed by atoms with Gasteiger partial charge in [0, 0.05) is 71.6 Å². The highest BCUT2D eigenvalue weighted by Crippen LogP contribution is 2.59. The smallest absolute Gasteiger partial charge is 0.262 e. The standard InChI is InChI=1S/C47H48BrN7O6/c1-46(2)44(47(3,4)45(46)61-31-14-17-36(49-5)35(48)25-31)54-26-37-33(41(54)58)15-10-28(50-37)9-6-27-7-11-29(12-8-27)52-20-22-53(23-21-52)30-13-16-32-34(24-30)43(60)55(42(32)59)38-18-19-39(56)51-40(38)57/h10,13-17,24-25,27,29,38,44-45H,7-8,11-12,18-23,26H2,1-4H3,(H,51,56,57). The molecule has 2 aromatic carbocycles. The van der Waals surface area contributed by atoms with Crippen LogP contribution < -0.4 is 15.0 Å². The first-order chi connectivity index (χ1) is 29.1. The number of benzene rings is 2. The number of fused-ring (bicyclic) bond motifs is 2. The van der Waals surface area contributed by atoms with Gasteiger partial charge in [0.05, 0.1) is 35.5 Å². The molecule has 14 heteroatoms. The van der Waals surface area contributed by atoms with Crippen LogP contribution in [-0.4, -0.2) is 99.6 Å². The summed E-state index contributed by atoms with van der Waals surface area (Å²) in [6, 6.07) is 13.9. The molecule has 4 aliphatic heterocycles. The highest BCUT2D eigenvalue weighted by atomic mass is 79.9. The van der Waals surface area contributed by atoms with Crippen LogP contribution in [0, 0.1) is 35.2 Å².